The minimum absolute atomic E-state index is 0.0229. The fourth-order valence-corrected chi connectivity index (χ4v) is 10.7. The smallest absolute Gasteiger partial charge is 0.246 e. The van der Waals surface area contributed by atoms with E-state index in [0.29, 0.717) is 6.42 Å². The monoisotopic (exact) mass is 1200 g/mol. The van der Waals surface area contributed by atoms with Gasteiger partial charge in [-0.3, -0.25) is 52.7 Å². The molecule has 12 atom stereocenters. The van der Waals surface area contributed by atoms with Crippen LogP contribution in [0.2, 0.25) is 0 Å². The number of carbonyl (C=O) groups is 11. The number of aliphatic hydroxyl groups excluding tert-OH is 1. The lowest BCUT2D eigenvalue weighted by molar-refractivity contribution is -0.157. The molecular weight excluding hydrogens is 1090 g/mol. The summed E-state index contributed by atoms with van der Waals surface area (Å²) >= 11 is 0. The van der Waals surface area contributed by atoms with Crippen molar-refractivity contribution >= 4 is 65.0 Å². The summed E-state index contributed by atoms with van der Waals surface area (Å²) in [6.45, 7) is 29.3. The molecule has 1 aliphatic heterocycles. The Kier molecular flexibility index (Phi) is 31.5. The molecule has 0 saturated carbocycles. The van der Waals surface area contributed by atoms with E-state index in [1.807, 2.05) is 61.5 Å². The normalized spacial score (nSPS) is 26.9. The van der Waals surface area contributed by atoms with E-state index in [2.05, 4.69) is 21.3 Å². The Bertz CT molecular complexity index is 2330. The maximum Gasteiger partial charge on any atom is 0.246 e. The first-order chi connectivity index (χ1) is 39.2. The van der Waals surface area contributed by atoms with Gasteiger partial charge in [0, 0.05) is 49.3 Å². The molecular formula is C62H111N11O12. The van der Waals surface area contributed by atoms with E-state index in [1.165, 1.54) is 87.7 Å². The number of likely N-dealkylation sites (N-methyl/N-ethyl adjacent to an activating group) is 7. The van der Waals surface area contributed by atoms with Gasteiger partial charge in [0.25, 0.3) is 0 Å². The zero-order valence-electron chi connectivity index (χ0n) is 56.1. The number of hydrogen-bond acceptors (Lipinski definition) is 12. The highest BCUT2D eigenvalue weighted by molar-refractivity contribution is 5.99. The number of nitrogens with one attached hydrogen (secondary N) is 4. The second kappa shape index (κ2) is 34.9. The van der Waals surface area contributed by atoms with Crippen molar-refractivity contribution < 1.29 is 57.8 Å². The number of hydrogen-bond donors (Lipinski definition) is 5. The molecule has 486 valence electrons. The van der Waals surface area contributed by atoms with Gasteiger partial charge < -0.3 is 60.7 Å². The van der Waals surface area contributed by atoms with Crippen molar-refractivity contribution in [2.45, 2.75) is 223 Å². The van der Waals surface area contributed by atoms with E-state index in [1.54, 1.807) is 54.5 Å². The van der Waals surface area contributed by atoms with Crippen LogP contribution in [0, 0.1) is 41.4 Å². The molecule has 0 spiro atoms. The van der Waals surface area contributed by atoms with Gasteiger partial charge in [0.1, 0.15) is 60.4 Å². The number of carbonyl (C=O) groups excluding carboxylic acids is 11. The molecule has 0 radical (unpaired) electrons. The quantitative estimate of drug-likeness (QED) is 0.148. The second-order valence-corrected chi connectivity index (χ2v) is 26.1. The van der Waals surface area contributed by atoms with Crippen LogP contribution < -0.4 is 21.3 Å². The summed E-state index contributed by atoms with van der Waals surface area (Å²) in [5.41, 5.74) is 0. The van der Waals surface area contributed by atoms with Crippen molar-refractivity contribution in [1.82, 2.24) is 55.6 Å². The van der Waals surface area contributed by atoms with Gasteiger partial charge in [0.05, 0.1) is 12.6 Å². The highest BCUT2D eigenvalue weighted by Crippen LogP contribution is 2.26. The van der Waals surface area contributed by atoms with E-state index in [9.17, 15) is 48.3 Å². The largest absolute Gasteiger partial charge is 0.390 e. The molecule has 85 heavy (non-hydrogen) atoms. The molecule has 5 N–H and O–H groups in total. The minimum atomic E-state index is -1.61. The molecule has 0 aliphatic carbocycles. The molecule has 1 saturated heterocycles. The second-order valence-electron chi connectivity index (χ2n) is 26.1. The summed E-state index contributed by atoms with van der Waals surface area (Å²) in [7, 11) is 9.92. The van der Waals surface area contributed by atoms with Crippen LogP contribution in [0.5, 0.6) is 0 Å². The summed E-state index contributed by atoms with van der Waals surface area (Å²) in [6, 6.07) is -12.3. The minimum Gasteiger partial charge on any atom is -0.390 e. The van der Waals surface area contributed by atoms with Crippen molar-refractivity contribution in [2.75, 3.05) is 55.9 Å². The fraction of sp³-hybridized carbons (Fsp3) is 0.790. The van der Waals surface area contributed by atoms with E-state index in [4.69, 9.17) is 0 Å². The number of allylic oxidation sites excluding steroid dienone is 2. The number of rotatable bonds is 15. The summed E-state index contributed by atoms with van der Waals surface area (Å²) in [4.78, 5) is 169. The molecule has 0 bridgehead atoms. The molecule has 0 aromatic heterocycles. The van der Waals surface area contributed by atoms with Gasteiger partial charge in [-0.25, -0.2) is 0 Å². The van der Waals surface area contributed by atoms with Gasteiger partial charge >= 0.3 is 0 Å². The zero-order valence-corrected chi connectivity index (χ0v) is 56.1. The Hall–Kier alpha value is -6.13. The van der Waals surface area contributed by atoms with Crippen LogP contribution >= 0.6 is 0 Å². The predicted octanol–water partition coefficient (Wildman–Crippen LogP) is 3.27. The molecule has 0 aromatic rings. The van der Waals surface area contributed by atoms with Crippen LogP contribution in [0.25, 0.3) is 0 Å². The Labute approximate surface area is 508 Å². The van der Waals surface area contributed by atoms with Crippen molar-refractivity contribution in [1.29, 1.82) is 0 Å². The van der Waals surface area contributed by atoms with Crippen LogP contribution in [0.1, 0.15) is 156 Å². The summed E-state index contributed by atoms with van der Waals surface area (Å²) in [5.74, 6) is -9.71. The molecule has 1 rings (SSSR count). The SMILES string of the molecule is C/C=C/C[C@@H](C)[C@@H](O)C1C(=O)N[C@@H](CC)C(=O)N(C)CC(=O)N(C)[C@@H](CC(C)C)C(=O)NC(C(C)C)C(=O)N(C)[C@@H](CC(C)C)C(=O)N[C@@H](C)C(=O)N[C@H](C)C(=O)N(C)[C@@H](CC(C)C)C(=O)N(C)[C@@H](CC(C)C)C(=O)N(C)[C@@H](C(C)C)C(=O)N1C. The third kappa shape index (κ3) is 21.7. The number of nitrogens with zero attached hydrogens (tertiary/aromatic N) is 7. The third-order valence-corrected chi connectivity index (χ3v) is 16.1. The van der Waals surface area contributed by atoms with Gasteiger partial charge in [-0.2, -0.15) is 0 Å². The maximum atomic E-state index is 15.1. The molecule has 1 aliphatic rings. The Morgan fingerprint density at radius 1 is 0.459 bits per heavy atom. The maximum absolute atomic E-state index is 15.1. The zero-order chi connectivity index (χ0) is 66.0. The number of amides is 11. The first-order valence-corrected chi connectivity index (χ1v) is 30.6. The first-order valence-electron chi connectivity index (χ1n) is 30.6. The summed E-state index contributed by atoms with van der Waals surface area (Å²) in [5, 5.41) is 23.1. The van der Waals surface area contributed by atoms with Crippen molar-refractivity contribution in [3.8, 4) is 0 Å². The molecule has 1 fully saturated rings. The van der Waals surface area contributed by atoms with Crippen molar-refractivity contribution in [2.24, 2.45) is 41.4 Å². The van der Waals surface area contributed by atoms with Crippen LogP contribution in [0.15, 0.2) is 12.2 Å². The van der Waals surface area contributed by atoms with Gasteiger partial charge in [0.15, 0.2) is 0 Å². The average molecular weight is 1200 g/mol. The lowest BCUT2D eigenvalue weighted by Gasteiger charge is -2.41. The van der Waals surface area contributed by atoms with Crippen LogP contribution in [0.4, 0.5) is 0 Å². The molecule has 2 unspecified atom stereocenters. The predicted molar refractivity (Wildman–Crippen MR) is 328 cm³/mol. The Balaban J connectivity index is 4.32. The van der Waals surface area contributed by atoms with Gasteiger partial charge in [-0.15, -0.1) is 0 Å². The lowest BCUT2D eigenvalue weighted by atomic mass is 9.91. The molecule has 23 nitrogen and oxygen atoms in total. The molecule has 11 amide bonds. The van der Waals surface area contributed by atoms with Crippen LogP contribution in [-0.2, 0) is 52.7 Å². The Morgan fingerprint density at radius 3 is 1.32 bits per heavy atom. The van der Waals surface area contributed by atoms with Gasteiger partial charge in [0.2, 0.25) is 65.0 Å². The summed E-state index contributed by atoms with van der Waals surface area (Å²) < 4.78 is 0. The lowest BCUT2D eigenvalue weighted by Crippen LogP contribution is -2.63. The van der Waals surface area contributed by atoms with E-state index in [-0.39, 0.29) is 55.8 Å². The standard InChI is InChI=1S/C62H111N11O12/c1-25-27-28-40(15)52(75)51-56(79)65-43(26-2)58(81)67(18)33-48(74)68(19)44(29-34(3)4)55(78)66-49(38(11)12)61(84)69(20)45(30-35(5)6)54(77)63-41(16)53(76)64-42(17)57(80)70(21)46(31-36(7)8)59(82)71(22)47(32-37(9)10)60(83)72(23)50(39(13)14)62(85)73(51)24/h25,27,34-47,49-52,75H,26,28-33H2,1-24H3,(H,63,77)(H,64,76)(H,65,79)(H,66,78)/b27-25+/t40-,41+,42-,43+,44+,45+,46+,47+,49?,50+,51?,52-/m1/s1. The summed E-state index contributed by atoms with van der Waals surface area (Å²) in [6.07, 6.45) is 3.04. The molecule has 23 heteroatoms. The first kappa shape index (κ1) is 76.9. The number of aliphatic hydroxyl groups is 1. The van der Waals surface area contributed by atoms with E-state index < -0.39 is 156 Å². The fourth-order valence-electron chi connectivity index (χ4n) is 10.7. The van der Waals surface area contributed by atoms with E-state index >= 15 is 9.59 Å². The highest BCUT2D eigenvalue weighted by atomic mass is 16.3. The van der Waals surface area contributed by atoms with Crippen molar-refractivity contribution in [3.05, 3.63) is 12.2 Å². The Morgan fingerprint density at radius 2 is 0.871 bits per heavy atom. The van der Waals surface area contributed by atoms with Gasteiger partial charge in [-0.05, 0) is 101 Å². The van der Waals surface area contributed by atoms with Gasteiger partial charge in [-0.1, -0.05) is 109 Å². The highest BCUT2D eigenvalue weighted by Gasteiger charge is 2.45. The average Bonchev–Trinajstić information content (AvgIpc) is 3.62. The molecule has 1 heterocycles. The van der Waals surface area contributed by atoms with E-state index in [0.717, 1.165) is 9.80 Å². The topological polar surface area (TPSA) is 279 Å². The van der Waals surface area contributed by atoms with Crippen molar-refractivity contribution in [3.63, 3.8) is 0 Å². The van der Waals surface area contributed by atoms with Crippen LogP contribution in [0.3, 0.4) is 0 Å². The third-order valence-electron chi connectivity index (χ3n) is 16.1. The van der Waals surface area contributed by atoms with Crippen LogP contribution in [-0.4, -0.2) is 227 Å². The molecule has 0 aromatic carbocycles.